The van der Waals surface area contributed by atoms with Crippen molar-refractivity contribution in [2.45, 2.75) is 57.0 Å². The van der Waals surface area contributed by atoms with Gasteiger partial charge in [-0.2, -0.15) is 0 Å². The zero-order valence-electron chi connectivity index (χ0n) is 12.8. The normalized spacial score (nSPS) is 21.5. The van der Waals surface area contributed by atoms with Crippen LogP contribution in [-0.4, -0.2) is 36.0 Å². The summed E-state index contributed by atoms with van der Waals surface area (Å²) in [5.74, 6) is 0.167. The highest BCUT2D eigenvalue weighted by atomic mass is 16.1. The maximum absolute atomic E-state index is 12.1. The molecule has 2 aliphatic rings. The van der Waals surface area contributed by atoms with Gasteiger partial charge in [0, 0.05) is 25.2 Å². The van der Waals surface area contributed by atoms with E-state index < -0.39 is 0 Å². The number of piperidine rings is 1. The van der Waals surface area contributed by atoms with Crippen molar-refractivity contribution in [2.75, 3.05) is 13.1 Å². The quantitative estimate of drug-likeness (QED) is 0.923. The molecule has 0 spiro atoms. The van der Waals surface area contributed by atoms with Gasteiger partial charge in [0.05, 0.1) is 6.42 Å². The Balaban J connectivity index is 1.41. The van der Waals surface area contributed by atoms with Gasteiger partial charge in [0.1, 0.15) is 0 Å². The fraction of sp³-hybridized carbons (Fsp3) is 0.611. The van der Waals surface area contributed by atoms with E-state index in [1.54, 1.807) is 0 Å². The molecule has 0 atom stereocenters. The maximum atomic E-state index is 12.1. The van der Waals surface area contributed by atoms with Gasteiger partial charge in [-0.25, -0.2) is 0 Å². The van der Waals surface area contributed by atoms with Crippen molar-refractivity contribution in [3.05, 3.63) is 35.9 Å². The second-order valence-corrected chi connectivity index (χ2v) is 6.48. The zero-order chi connectivity index (χ0) is 14.5. The Morgan fingerprint density at radius 2 is 1.71 bits per heavy atom. The predicted molar refractivity (Wildman–Crippen MR) is 85.1 cm³/mol. The summed E-state index contributed by atoms with van der Waals surface area (Å²) >= 11 is 0. The Bertz CT molecular complexity index is 446. The first kappa shape index (κ1) is 14.6. The number of benzene rings is 1. The fourth-order valence-electron chi connectivity index (χ4n) is 3.74. The third kappa shape index (κ3) is 4.07. The van der Waals surface area contributed by atoms with Crippen LogP contribution in [0, 0.1) is 0 Å². The van der Waals surface area contributed by atoms with E-state index in [4.69, 9.17) is 0 Å². The molecule has 0 unspecified atom stereocenters. The summed E-state index contributed by atoms with van der Waals surface area (Å²) in [7, 11) is 0. The molecule has 2 fully saturated rings. The van der Waals surface area contributed by atoms with Crippen LogP contribution in [0.5, 0.6) is 0 Å². The van der Waals surface area contributed by atoms with Gasteiger partial charge in [-0.3, -0.25) is 4.79 Å². The number of nitrogens with one attached hydrogen (secondary N) is 1. The molecule has 1 N–H and O–H groups in total. The van der Waals surface area contributed by atoms with Gasteiger partial charge in [-0.15, -0.1) is 0 Å². The molecule has 0 radical (unpaired) electrons. The molecule has 1 amide bonds. The van der Waals surface area contributed by atoms with Crippen LogP contribution in [0.1, 0.15) is 44.1 Å². The second-order valence-electron chi connectivity index (χ2n) is 6.48. The lowest BCUT2D eigenvalue weighted by Crippen LogP contribution is -2.47. The molecule has 1 aliphatic carbocycles. The number of nitrogens with zero attached hydrogens (tertiary/aromatic N) is 1. The molecule has 1 saturated heterocycles. The first-order valence-electron chi connectivity index (χ1n) is 8.38. The van der Waals surface area contributed by atoms with E-state index in [1.807, 2.05) is 30.3 Å². The number of likely N-dealkylation sites (tertiary alicyclic amines) is 1. The topological polar surface area (TPSA) is 32.3 Å². The van der Waals surface area contributed by atoms with Gasteiger partial charge in [-0.05, 0) is 31.2 Å². The predicted octanol–water partition coefficient (Wildman–Crippen LogP) is 2.75. The molecule has 1 aromatic carbocycles. The highest BCUT2D eigenvalue weighted by molar-refractivity contribution is 5.78. The SMILES string of the molecule is O=C(Cc1ccccc1)NC1CCN(C2CCCC2)CC1. The second kappa shape index (κ2) is 7.08. The summed E-state index contributed by atoms with van der Waals surface area (Å²) in [6, 6.07) is 11.2. The Morgan fingerprint density at radius 1 is 1.05 bits per heavy atom. The Morgan fingerprint density at radius 3 is 2.38 bits per heavy atom. The van der Waals surface area contributed by atoms with Crippen LogP contribution >= 0.6 is 0 Å². The van der Waals surface area contributed by atoms with E-state index >= 15 is 0 Å². The maximum Gasteiger partial charge on any atom is 0.224 e. The third-order valence-corrected chi connectivity index (χ3v) is 4.94. The van der Waals surface area contributed by atoms with Gasteiger partial charge in [0.2, 0.25) is 5.91 Å². The van der Waals surface area contributed by atoms with Gasteiger partial charge < -0.3 is 10.2 Å². The van der Waals surface area contributed by atoms with Crippen molar-refractivity contribution in [3.63, 3.8) is 0 Å². The Labute approximate surface area is 127 Å². The Kier molecular flexibility index (Phi) is 4.91. The Hall–Kier alpha value is -1.35. The lowest BCUT2D eigenvalue weighted by molar-refractivity contribution is -0.121. The highest BCUT2D eigenvalue weighted by Crippen LogP contribution is 2.26. The average molecular weight is 286 g/mol. The van der Waals surface area contributed by atoms with Crippen LogP contribution in [0.4, 0.5) is 0 Å². The molecule has 1 aromatic rings. The van der Waals surface area contributed by atoms with Gasteiger partial charge in [0.25, 0.3) is 0 Å². The van der Waals surface area contributed by atoms with Crippen LogP contribution in [0.15, 0.2) is 30.3 Å². The van der Waals surface area contributed by atoms with Crippen molar-refractivity contribution in [1.29, 1.82) is 0 Å². The van der Waals surface area contributed by atoms with Crippen LogP contribution < -0.4 is 5.32 Å². The van der Waals surface area contributed by atoms with Crippen molar-refractivity contribution in [2.24, 2.45) is 0 Å². The van der Waals surface area contributed by atoms with Crippen molar-refractivity contribution in [1.82, 2.24) is 10.2 Å². The number of carbonyl (C=O) groups excluding carboxylic acids is 1. The summed E-state index contributed by atoms with van der Waals surface area (Å²) in [4.78, 5) is 14.7. The molecular weight excluding hydrogens is 260 g/mol. The van der Waals surface area contributed by atoms with E-state index in [9.17, 15) is 4.79 Å². The van der Waals surface area contributed by atoms with Gasteiger partial charge in [0.15, 0.2) is 0 Å². The van der Waals surface area contributed by atoms with Gasteiger partial charge in [-0.1, -0.05) is 43.2 Å². The molecule has 1 heterocycles. The molecule has 114 valence electrons. The van der Waals surface area contributed by atoms with Crippen molar-refractivity contribution < 1.29 is 4.79 Å². The van der Waals surface area contributed by atoms with Crippen LogP contribution in [0.2, 0.25) is 0 Å². The largest absolute Gasteiger partial charge is 0.353 e. The number of carbonyl (C=O) groups is 1. The molecule has 0 bridgehead atoms. The smallest absolute Gasteiger partial charge is 0.224 e. The number of hydrogen-bond donors (Lipinski definition) is 1. The summed E-state index contributed by atoms with van der Waals surface area (Å²) in [5.41, 5.74) is 1.10. The standard InChI is InChI=1S/C18H26N2O/c21-18(14-15-6-2-1-3-7-15)19-16-10-12-20(13-11-16)17-8-4-5-9-17/h1-3,6-7,16-17H,4-5,8-14H2,(H,19,21). The number of hydrogen-bond acceptors (Lipinski definition) is 2. The molecular formula is C18H26N2O. The minimum absolute atomic E-state index is 0.167. The minimum atomic E-state index is 0.167. The molecule has 1 aliphatic heterocycles. The van der Waals surface area contributed by atoms with E-state index in [1.165, 1.54) is 25.7 Å². The number of rotatable bonds is 4. The first-order chi connectivity index (χ1) is 10.3. The van der Waals surface area contributed by atoms with E-state index in [0.29, 0.717) is 12.5 Å². The molecule has 1 saturated carbocycles. The fourth-order valence-corrected chi connectivity index (χ4v) is 3.74. The highest BCUT2D eigenvalue weighted by Gasteiger charge is 2.27. The van der Waals surface area contributed by atoms with Gasteiger partial charge >= 0.3 is 0 Å². The van der Waals surface area contributed by atoms with Crippen LogP contribution in [0.25, 0.3) is 0 Å². The number of amides is 1. The monoisotopic (exact) mass is 286 g/mol. The van der Waals surface area contributed by atoms with E-state index in [0.717, 1.165) is 37.5 Å². The molecule has 21 heavy (non-hydrogen) atoms. The van der Waals surface area contributed by atoms with Crippen molar-refractivity contribution in [3.8, 4) is 0 Å². The van der Waals surface area contributed by atoms with Crippen molar-refractivity contribution >= 4 is 5.91 Å². The van der Waals surface area contributed by atoms with Crippen LogP contribution in [-0.2, 0) is 11.2 Å². The minimum Gasteiger partial charge on any atom is -0.353 e. The molecule has 3 nitrogen and oxygen atoms in total. The first-order valence-corrected chi connectivity index (χ1v) is 8.38. The average Bonchev–Trinajstić information content (AvgIpc) is 3.03. The zero-order valence-corrected chi connectivity index (χ0v) is 12.8. The third-order valence-electron chi connectivity index (χ3n) is 4.94. The lowest BCUT2D eigenvalue weighted by Gasteiger charge is -2.36. The van der Waals surface area contributed by atoms with Crippen LogP contribution in [0.3, 0.4) is 0 Å². The summed E-state index contributed by atoms with van der Waals surface area (Å²) in [6.45, 7) is 2.31. The summed E-state index contributed by atoms with van der Waals surface area (Å²) in [5, 5.41) is 3.21. The van der Waals surface area contributed by atoms with E-state index in [2.05, 4.69) is 10.2 Å². The summed E-state index contributed by atoms with van der Waals surface area (Å²) in [6.07, 6.45) is 8.28. The molecule has 3 heteroatoms. The van der Waals surface area contributed by atoms with E-state index in [-0.39, 0.29) is 5.91 Å². The lowest BCUT2D eigenvalue weighted by atomic mass is 10.0. The molecule has 3 rings (SSSR count). The summed E-state index contributed by atoms with van der Waals surface area (Å²) < 4.78 is 0. The molecule has 0 aromatic heterocycles.